The highest BCUT2D eigenvalue weighted by molar-refractivity contribution is 6.42. The summed E-state index contributed by atoms with van der Waals surface area (Å²) >= 11 is 0. The van der Waals surface area contributed by atoms with E-state index in [0.717, 1.165) is 5.56 Å². The Morgan fingerprint density at radius 3 is 2.21 bits per heavy atom. The molecular weight excluding hydrogens is 358 g/mol. The van der Waals surface area contributed by atoms with Crippen LogP contribution < -0.4 is 0 Å². The van der Waals surface area contributed by atoms with Crippen molar-refractivity contribution in [2.45, 2.75) is 19.4 Å². The van der Waals surface area contributed by atoms with Crippen LogP contribution in [0, 0.1) is 5.92 Å². The zero-order valence-corrected chi connectivity index (χ0v) is 15.8. The Balaban J connectivity index is 1.92. The minimum absolute atomic E-state index is 0.321. The molecule has 2 aromatic carbocycles. The zero-order valence-electron chi connectivity index (χ0n) is 15.8. The third kappa shape index (κ3) is 3.71. The van der Waals surface area contributed by atoms with E-state index in [1.807, 2.05) is 30.3 Å². The van der Waals surface area contributed by atoms with E-state index in [0.29, 0.717) is 24.1 Å². The number of amides is 1. The van der Waals surface area contributed by atoms with E-state index in [9.17, 15) is 19.2 Å². The lowest BCUT2D eigenvalue weighted by molar-refractivity contribution is -0.142. The first-order chi connectivity index (χ1) is 13.4. The molecule has 0 N–H and O–H groups in total. The summed E-state index contributed by atoms with van der Waals surface area (Å²) < 4.78 is 4.69. The molecule has 2 unspecified atom stereocenters. The van der Waals surface area contributed by atoms with Crippen molar-refractivity contribution in [2.24, 2.45) is 5.92 Å². The van der Waals surface area contributed by atoms with Gasteiger partial charge in [-0.1, -0.05) is 42.5 Å². The third-order valence-electron chi connectivity index (χ3n) is 5.00. The molecule has 2 atom stereocenters. The van der Waals surface area contributed by atoms with Crippen LogP contribution in [0.3, 0.4) is 0 Å². The molecule has 3 rings (SSSR count). The standard InChI is InChI=1S/C22H21NO5/c1-14(24)18-19(16-8-10-17(11-9-16)22(27)28-2)23(21(26)20(18)25)13-12-15-6-4-3-5-7-15/h3-11,18-19H,12-13H2,1-2H3. The number of carbonyl (C=O) groups is 4. The van der Waals surface area contributed by atoms with Gasteiger partial charge in [0.25, 0.3) is 5.91 Å². The van der Waals surface area contributed by atoms with Crippen molar-refractivity contribution in [3.8, 4) is 0 Å². The van der Waals surface area contributed by atoms with Crippen LogP contribution in [0.2, 0.25) is 0 Å². The summed E-state index contributed by atoms with van der Waals surface area (Å²) in [5.41, 5.74) is 2.03. The van der Waals surface area contributed by atoms with Crippen molar-refractivity contribution in [1.29, 1.82) is 0 Å². The molecule has 0 spiro atoms. The molecule has 1 fully saturated rings. The first-order valence-electron chi connectivity index (χ1n) is 9.01. The third-order valence-corrected chi connectivity index (χ3v) is 5.00. The Kier molecular flexibility index (Phi) is 5.68. The van der Waals surface area contributed by atoms with Gasteiger partial charge in [-0.05, 0) is 36.6 Å². The Morgan fingerprint density at radius 2 is 1.64 bits per heavy atom. The molecule has 6 heteroatoms. The van der Waals surface area contributed by atoms with Gasteiger partial charge < -0.3 is 9.64 Å². The monoisotopic (exact) mass is 379 g/mol. The van der Waals surface area contributed by atoms with Crippen LogP contribution in [0.4, 0.5) is 0 Å². The molecule has 6 nitrogen and oxygen atoms in total. The maximum absolute atomic E-state index is 12.6. The number of hydrogen-bond donors (Lipinski definition) is 0. The second-order valence-corrected chi connectivity index (χ2v) is 6.75. The van der Waals surface area contributed by atoms with Gasteiger partial charge in [0, 0.05) is 6.54 Å². The van der Waals surface area contributed by atoms with E-state index in [1.54, 1.807) is 24.3 Å². The second-order valence-electron chi connectivity index (χ2n) is 6.75. The maximum atomic E-state index is 12.6. The SMILES string of the molecule is COC(=O)c1ccc(C2C(C(C)=O)C(=O)C(=O)N2CCc2ccccc2)cc1. The molecule has 0 aliphatic carbocycles. The number of ketones is 2. The Labute approximate surface area is 163 Å². The lowest BCUT2D eigenvalue weighted by Gasteiger charge is -2.27. The second kappa shape index (κ2) is 8.17. The molecular formula is C22H21NO5. The van der Waals surface area contributed by atoms with Gasteiger partial charge in [-0.2, -0.15) is 0 Å². The lowest BCUT2D eigenvalue weighted by Crippen LogP contribution is -2.32. The van der Waals surface area contributed by atoms with Crippen LogP contribution in [0.1, 0.15) is 34.5 Å². The fraction of sp³-hybridized carbons (Fsp3) is 0.273. The molecule has 2 aromatic rings. The van der Waals surface area contributed by atoms with Gasteiger partial charge in [0.15, 0.2) is 0 Å². The van der Waals surface area contributed by atoms with Crippen molar-refractivity contribution >= 4 is 23.4 Å². The lowest BCUT2D eigenvalue weighted by atomic mass is 9.89. The number of ether oxygens (including phenoxy) is 1. The Hall–Kier alpha value is -3.28. The van der Waals surface area contributed by atoms with Crippen LogP contribution in [0.5, 0.6) is 0 Å². The van der Waals surface area contributed by atoms with Crippen LogP contribution in [0.15, 0.2) is 54.6 Å². The number of benzene rings is 2. The van der Waals surface area contributed by atoms with E-state index < -0.39 is 29.6 Å². The molecule has 1 aliphatic rings. The molecule has 1 aliphatic heterocycles. The molecule has 1 heterocycles. The molecule has 0 bridgehead atoms. The van der Waals surface area contributed by atoms with Crippen molar-refractivity contribution in [3.05, 3.63) is 71.3 Å². The van der Waals surface area contributed by atoms with Gasteiger partial charge in [-0.3, -0.25) is 14.4 Å². The molecule has 144 valence electrons. The van der Waals surface area contributed by atoms with Crippen LogP contribution in [0.25, 0.3) is 0 Å². The smallest absolute Gasteiger partial charge is 0.337 e. The number of likely N-dealkylation sites (tertiary alicyclic amines) is 1. The Bertz CT molecular complexity index is 904. The Morgan fingerprint density at radius 1 is 1.00 bits per heavy atom. The summed E-state index contributed by atoms with van der Waals surface area (Å²) in [4.78, 5) is 50.4. The highest BCUT2D eigenvalue weighted by Gasteiger charge is 2.49. The summed E-state index contributed by atoms with van der Waals surface area (Å²) in [6.45, 7) is 1.65. The molecule has 28 heavy (non-hydrogen) atoms. The van der Waals surface area contributed by atoms with Gasteiger partial charge in [0.1, 0.15) is 11.7 Å². The number of Topliss-reactive ketones (excluding diaryl/α,β-unsaturated/α-hetero) is 2. The van der Waals surface area contributed by atoms with E-state index in [-0.39, 0.29) is 5.78 Å². The number of esters is 1. The van der Waals surface area contributed by atoms with Crippen molar-refractivity contribution < 1.29 is 23.9 Å². The molecule has 0 aromatic heterocycles. The predicted molar refractivity (Wildman–Crippen MR) is 102 cm³/mol. The fourth-order valence-electron chi connectivity index (χ4n) is 3.57. The topological polar surface area (TPSA) is 80.8 Å². The largest absolute Gasteiger partial charge is 0.465 e. The van der Waals surface area contributed by atoms with Crippen molar-refractivity contribution in [2.75, 3.05) is 13.7 Å². The van der Waals surface area contributed by atoms with E-state index >= 15 is 0 Å². The molecule has 0 radical (unpaired) electrons. The number of hydrogen-bond acceptors (Lipinski definition) is 5. The van der Waals surface area contributed by atoms with E-state index in [2.05, 4.69) is 0 Å². The maximum Gasteiger partial charge on any atom is 0.337 e. The van der Waals surface area contributed by atoms with Gasteiger partial charge in [-0.25, -0.2) is 4.79 Å². The summed E-state index contributed by atoms with van der Waals surface area (Å²) in [6.07, 6.45) is 0.571. The summed E-state index contributed by atoms with van der Waals surface area (Å²) in [7, 11) is 1.29. The van der Waals surface area contributed by atoms with Crippen LogP contribution in [-0.2, 0) is 25.5 Å². The molecule has 1 saturated heterocycles. The van der Waals surface area contributed by atoms with Crippen LogP contribution >= 0.6 is 0 Å². The molecule has 0 saturated carbocycles. The van der Waals surface area contributed by atoms with E-state index in [1.165, 1.54) is 18.9 Å². The van der Waals surface area contributed by atoms with Crippen LogP contribution in [-0.4, -0.2) is 42.0 Å². The average molecular weight is 379 g/mol. The molecule has 1 amide bonds. The quantitative estimate of drug-likeness (QED) is 0.437. The summed E-state index contributed by atoms with van der Waals surface area (Å²) in [6, 6.07) is 15.4. The van der Waals surface area contributed by atoms with Gasteiger partial charge >= 0.3 is 5.97 Å². The minimum atomic E-state index is -1.03. The van der Waals surface area contributed by atoms with Gasteiger partial charge in [0.05, 0.1) is 18.7 Å². The van der Waals surface area contributed by atoms with Gasteiger partial charge in [-0.15, -0.1) is 0 Å². The zero-order chi connectivity index (χ0) is 20.3. The highest BCUT2D eigenvalue weighted by Crippen LogP contribution is 2.37. The number of carbonyl (C=O) groups excluding carboxylic acids is 4. The fourth-order valence-corrected chi connectivity index (χ4v) is 3.57. The van der Waals surface area contributed by atoms with Crippen molar-refractivity contribution in [1.82, 2.24) is 4.90 Å². The summed E-state index contributed by atoms with van der Waals surface area (Å²) in [5.74, 6) is -3.18. The first kappa shape index (κ1) is 19.5. The van der Waals surface area contributed by atoms with Gasteiger partial charge in [0.2, 0.25) is 5.78 Å². The highest BCUT2D eigenvalue weighted by atomic mass is 16.5. The summed E-state index contributed by atoms with van der Waals surface area (Å²) in [5, 5.41) is 0. The minimum Gasteiger partial charge on any atom is -0.465 e. The number of methoxy groups -OCH3 is 1. The average Bonchev–Trinajstić information content (AvgIpc) is 2.97. The van der Waals surface area contributed by atoms with Crippen molar-refractivity contribution in [3.63, 3.8) is 0 Å². The number of rotatable bonds is 6. The number of nitrogens with zero attached hydrogens (tertiary/aromatic N) is 1. The first-order valence-corrected chi connectivity index (χ1v) is 9.01. The van der Waals surface area contributed by atoms with E-state index in [4.69, 9.17) is 4.74 Å². The normalized spacial score (nSPS) is 19.0. The predicted octanol–water partition coefficient (Wildman–Crippen LogP) is 2.37.